The van der Waals surface area contributed by atoms with E-state index in [1.165, 1.54) is 36.7 Å². The van der Waals surface area contributed by atoms with Crippen LogP contribution in [0.5, 0.6) is 11.5 Å². The van der Waals surface area contributed by atoms with E-state index in [0.29, 0.717) is 21.5 Å². The third-order valence-electron chi connectivity index (χ3n) is 2.27. The van der Waals surface area contributed by atoms with Gasteiger partial charge in [0, 0.05) is 18.3 Å². The molecule has 0 radical (unpaired) electrons. The predicted molar refractivity (Wildman–Crippen MR) is 75.1 cm³/mol. The van der Waals surface area contributed by atoms with E-state index < -0.39 is 11.8 Å². The highest BCUT2D eigenvalue weighted by Crippen LogP contribution is 2.30. The van der Waals surface area contributed by atoms with Crippen molar-refractivity contribution < 1.29 is 19.0 Å². The molecule has 0 amide bonds. The Hall–Kier alpha value is -2.21. The van der Waals surface area contributed by atoms with E-state index in [-0.39, 0.29) is 0 Å². The SMILES string of the molecule is O=C(O)/C=C/c1cncc(Oc2cc(F)ccc2Br)c1. The summed E-state index contributed by atoms with van der Waals surface area (Å²) in [7, 11) is 0. The van der Waals surface area contributed by atoms with E-state index in [9.17, 15) is 9.18 Å². The molecule has 0 unspecified atom stereocenters. The Bertz CT molecular complexity index is 673. The average molecular weight is 338 g/mol. The summed E-state index contributed by atoms with van der Waals surface area (Å²) in [6, 6.07) is 5.68. The molecule has 2 rings (SSSR count). The maximum Gasteiger partial charge on any atom is 0.328 e. The highest BCUT2D eigenvalue weighted by atomic mass is 79.9. The summed E-state index contributed by atoms with van der Waals surface area (Å²) in [4.78, 5) is 14.4. The fourth-order valence-corrected chi connectivity index (χ4v) is 1.76. The number of aromatic nitrogens is 1. The van der Waals surface area contributed by atoms with Crippen LogP contribution in [0.25, 0.3) is 6.08 Å². The molecule has 6 heteroatoms. The first-order chi connectivity index (χ1) is 9.54. The zero-order valence-corrected chi connectivity index (χ0v) is 11.7. The van der Waals surface area contributed by atoms with Crippen molar-refractivity contribution in [1.82, 2.24) is 4.98 Å². The first kappa shape index (κ1) is 14.2. The Balaban J connectivity index is 2.23. The minimum Gasteiger partial charge on any atom is -0.478 e. The largest absolute Gasteiger partial charge is 0.478 e. The van der Waals surface area contributed by atoms with Crippen LogP contribution >= 0.6 is 15.9 Å². The summed E-state index contributed by atoms with van der Waals surface area (Å²) in [5, 5.41) is 8.56. The summed E-state index contributed by atoms with van der Waals surface area (Å²) in [5.74, 6) is -0.780. The Kier molecular flexibility index (Phi) is 4.47. The van der Waals surface area contributed by atoms with Crippen LogP contribution in [-0.2, 0) is 4.79 Å². The molecular formula is C14H9BrFNO3. The number of hydrogen-bond donors (Lipinski definition) is 1. The minimum absolute atomic E-state index is 0.311. The van der Waals surface area contributed by atoms with Crippen molar-refractivity contribution in [2.75, 3.05) is 0 Å². The van der Waals surface area contributed by atoms with Crippen molar-refractivity contribution in [3.05, 3.63) is 58.6 Å². The molecule has 0 spiro atoms. The van der Waals surface area contributed by atoms with Gasteiger partial charge in [0.05, 0.1) is 10.7 Å². The van der Waals surface area contributed by atoms with Gasteiger partial charge in [-0.05, 0) is 45.8 Å². The molecule has 1 heterocycles. The minimum atomic E-state index is -1.05. The summed E-state index contributed by atoms with van der Waals surface area (Å²) >= 11 is 3.25. The number of rotatable bonds is 4. The summed E-state index contributed by atoms with van der Waals surface area (Å²) < 4.78 is 19.3. The number of aliphatic carboxylic acids is 1. The first-order valence-corrected chi connectivity index (χ1v) is 6.33. The quantitative estimate of drug-likeness (QED) is 0.860. The molecule has 0 fully saturated rings. The third-order valence-corrected chi connectivity index (χ3v) is 2.93. The van der Waals surface area contributed by atoms with Crippen LogP contribution < -0.4 is 4.74 Å². The molecule has 1 aromatic carbocycles. The second-order valence-electron chi connectivity index (χ2n) is 3.80. The van der Waals surface area contributed by atoms with Crippen LogP contribution in [0.1, 0.15) is 5.56 Å². The van der Waals surface area contributed by atoms with Gasteiger partial charge < -0.3 is 9.84 Å². The topological polar surface area (TPSA) is 59.4 Å². The van der Waals surface area contributed by atoms with E-state index in [1.54, 1.807) is 6.07 Å². The number of hydrogen-bond acceptors (Lipinski definition) is 3. The van der Waals surface area contributed by atoms with Crippen LogP contribution in [-0.4, -0.2) is 16.1 Å². The van der Waals surface area contributed by atoms with Gasteiger partial charge in [0.25, 0.3) is 0 Å². The van der Waals surface area contributed by atoms with Crippen molar-refractivity contribution >= 4 is 28.0 Å². The van der Waals surface area contributed by atoms with Crippen molar-refractivity contribution in [1.29, 1.82) is 0 Å². The maximum atomic E-state index is 13.1. The lowest BCUT2D eigenvalue weighted by molar-refractivity contribution is -0.131. The zero-order chi connectivity index (χ0) is 14.5. The molecule has 1 N–H and O–H groups in total. The molecule has 0 saturated carbocycles. The molecule has 4 nitrogen and oxygen atoms in total. The van der Waals surface area contributed by atoms with Gasteiger partial charge in [-0.1, -0.05) is 0 Å². The molecule has 0 aliphatic carbocycles. The van der Waals surface area contributed by atoms with E-state index in [0.717, 1.165) is 6.08 Å². The van der Waals surface area contributed by atoms with Crippen molar-refractivity contribution in [3.8, 4) is 11.5 Å². The average Bonchev–Trinajstić information content (AvgIpc) is 2.41. The van der Waals surface area contributed by atoms with Gasteiger partial charge in [-0.25, -0.2) is 9.18 Å². The number of carboxylic acid groups (broad SMARTS) is 1. The number of ether oxygens (including phenoxy) is 1. The van der Waals surface area contributed by atoms with Crippen LogP contribution in [0.4, 0.5) is 4.39 Å². The number of halogens is 2. The smallest absolute Gasteiger partial charge is 0.328 e. The number of carboxylic acids is 1. The molecule has 0 aliphatic rings. The van der Waals surface area contributed by atoms with E-state index >= 15 is 0 Å². The van der Waals surface area contributed by atoms with Crippen LogP contribution in [0.15, 0.2) is 47.2 Å². The zero-order valence-electron chi connectivity index (χ0n) is 10.1. The van der Waals surface area contributed by atoms with E-state index in [1.807, 2.05) is 0 Å². The Labute approximate surface area is 122 Å². The molecule has 0 saturated heterocycles. The summed E-state index contributed by atoms with van der Waals surface area (Å²) in [5.41, 5.74) is 0.567. The lowest BCUT2D eigenvalue weighted by Gasteiger charge is -2.07. The summed E-state index contributed by atoms with van der Waals surface area (Å²) in [6.45, 7) is 0. The second kappa shape index (κ2) is 6.29. The van der Waals surface area contributed by atoms with E-state index in [2.05, 4.69) is 20.9 Å². The monoisotopic (exact) mass is 337 g/mol. The van der Waals surface area contributed by atoms with Gasteiger partial charge in [-0.3, -0.25) is 4.98 Å². The van der Waals surface area contributed by atoms with Gasteiger partial charge in [0.1, 0.15) is 17.3 Å². The highest BCUT2D eigenvalue weighted by molar-refractivity contribution is 9.10. The number of nitrogens with zero attached hydrogens (tertiary/aromatic N) is 1. The van der Waals surface area contributed by atoms with E-state index in [4.69, 9.17) is 9.84 Å². The molecule has 0 aliphatic heterocycles. The Morgan fingerprint density at radius 3 is 2.90 bits per heavy atom. The highest BCUT2D eigenvalue weighted by Gasteiger charge is 2.05. The lowest BCUT2D eigenvalue weighted by atomic mass is 10.2. The molecule has 2 aromatic rings. The Morgan fingerprint density at radius 2 is 2.15 bits per heavy atom. The molecule has 1 aromatic heterocycles. The normalized spacial score (nSPS) is 10.7. The molecule has 0 bridgehead atoms. The van der Waals surface area contributed by atoms with Crippen LogP contribution in [0.3, 0.4) is 0 Å². The molecule has 20 heavy (non-hydrogen) atoms. The van der Waals surface area contributed by atoms with Gasteiger partial charge in [-0.15, -0.1) is 0 Å². The van der Waals surface area contributed by atoms with Crippen LogP contribution in [0.2, 0.25) is 0 Å². The second-order valence-corrected chi connectivity index (χ2v) is 4.66. The first-order valence-electron chi connectivity index (χ1n) is 5.53. The predicted octanol–water partition coefficient (Wildman–Crippen LogP) is 3.87. The summed E-state index contributed by atoms with van der Waals surface area (Å²) in [6.07, 6.45) is 5.34. The van der Waals surface area contributed by atoms with Gasteiger partial charge in [0.15, 0.2) is 0 Å². The molecular weight excluding hydrogens is 329 g/mol. The van der Waals surface area contributed by atoms with Crippen molar-refractivity contribution in [2.45, 2.75) is 0 Å². The fourth-order valence-electron chi connectivity index (χ4n) is 1.43. The van der Waals surface area contributed by atoms with Gasteiger partial charge in [-0.2, -0.15) is 0 Å². The van der Waals surface area contributed by atoms with Gasteiger partial charge >= 0.3 is 5.97 Å². The number of pyridine rings is 1. The van der Waals surface area contributed by atoms with Gasteiger partial charge in [0.2, 0.25) is 0 Å². The van der Waals surface area contributed by atoms with Crippen LogP contribution in [0, 0.1) is 5.82 Å². The Morgan fingerprint density at radius 1 is 1.35 bits per heavy atom. The number of carbonyl (C=O) groups is 1. The van der Waals surface area contributed by atoms with Crippen molar-refractivity contribution in [2.24, 2.45) is 0 Å². The lowest BCUT2D eigenvalue weighted by Crippen LogP contribution is -1.90. The fraction of sp³-hybridized carbons (Fsp3) is 0. The maximum absolute atomic E-state index is 13.1. The molecule has 102 valence electrons. The standard InChI is InChI=1S/C14H9BrFNO3/c15-12-3-2-10(16)6-13(12)20-11-5-9(7-17-8-11)1-4-14(18)19/h1-8H,(H,18,19)/b4-1+. The van der Waals surface area contributed by atoms with Crippen molar-refractivity contribution in [3.63, 3.8) is 0 Å². The number of benzene rings is 1. The third kappa shape index (κ3) is 3.89. The molecule has 0 atom stereocenters.